The van der Waals surface area contributed by atoms with E-state index >= 15 is 0 Å². The molecular formula is C53H90O5. The molecule has 0 aliphatic heterocycles. The van der Waals surface area contributed by atoms with Crippen molar-refractivity contribution in [3.63, 3.8) is 0 Å². The molecule has 0 aliphatic rings. The largest absolute Gasteiger partial charge is 0.462 e. The summed E-state index contributed by atoms with van der Waals surface area (Å²) >= 11 is 0. The van der Waals surface area contributed by atoms with Crippen LogP contribution in [0.25, 0.3) is 0 Å². The van der Waals surface area contributed by atoms with Gasteiger partial charge in [-0.05, 0) is 70.6 Å². The molecule has 5 heteroatoms. The second-order valence-electron chi connectivity index (χ2n) is 15.8. The summed E-state index contributed by atoms with van der Waals surface area (Å²) < 4.78 is 10.6. The van der Waals surface area contributed by atoms with Crippen molar-refractivity contribution < 1.29 is 24.2 Å². The topological polar surface area (TPSA) is 72.8 Å². The number of ether oxygens (including phenoxy) is 2. The third-order valence-corrected chi connectivity index (χ3v) is 10.2. The van der Waals surface area contributed by atoms with E-state index in [1.807, 2.05) is 0 Å². The first kappa shape index (κ1) is 55.1. The molecular weight excluding hydrogens is 717 g/mol. The summed E-state index contributed by atoms with van der Waals surface area (Å²) in [7, 11) is 0. The average molecular weight is 807 g/mol. The van der Waals surface area contributed by atoms with Crippen molar-refractivity contribution in [1.82, 2.24) is 0 Å². The second kappa shape index (κ2) is 48.4. The maximum atomic E-state index is 12.2. The fraction of sp³-hybridized carbons (Fsp3) is 0.698. The predicted molar refractivity (Wildman–Crippen MR) is 251 cm³/mol. The van der Waals surface area contributed by atoms with Crippen LogP contribution in [0.4, 0.5) is 0 Å². The second-order valence-corrected chi connectivity index (χ2v) is 15.8. The van der Waals surface area contributed by atoms with Gasteiger partial charge in [-0.25, -0.2) is 0 Å². The van der Waals surface area contributed by atoms with Gasteiger partial charge in [0.25, 0.3) is 0 Å². The standard InChI is InChI=1S/C53H90O5/c1-3-5-7-9-11-13-15-17-19-21-23-24-25-26-27-28-30-32-34-36-38-40-42-44-46-48-53(56)58-51(49-54)50-57-52(55)47-45-43-41-39-37-35-33-31-29-22-20-18-16-14-12-10-8-6-4-2/h5,7,11,13,17,19,23-24,26-27,30,32,36,38,51,54H,3-4,6,8-10,12,14-16,18,20-22,25,28-29,31,33-35,37,39-50H2,1-2H3/b7-5-,13-11-,19-17-,24-23-,27-26-,32-30-,38-36-. The summed E-state index contributed by atoms with van der Waals surface area (Å²) in [6.45, 7) is 4.01. The molecule has 0 radical (unpaired) electrons. The number of allylic oxidation sites excluding steroid dienone is 14. The number of hydrogen-bond donors (Lipinski definition) is 1. The van der Waals surface area contributed by atoms with Crippen LogP contribution < -0.4 is 0 Å². The minimum absolute atomic E-state index is 0.0816. The van der Waals surface area contributed by atoms with E-state index < -0.39 is 6.10 Å². The lowest BCUT2D eigenvalue weighted by molar-refractivity contribution is -0.161. The van der Waals surface area contributed by atoms with Gasteiger partial charge in [-0.15, -0.1) is 0 Å². The van der Waals surface area contributed by atoms with Crippen LogP contribution in [0.1, 0.15) is 219 Å². The van der Waals surface area contributed by atoms with Crippen LogP contribution in [0.15, 0.2) is 85.1 Å². The highest BCUT2D eigenvalue weighted by Gasteiger charge is 2.16. The van der Waals surface area contributed by atoms with E-state index in [4.69, 9.17) is 9.47 Å². The lowest BCUT2D eigenvalue weighted by Crippen LogP contribution is -2.28. The van der Waals surface area contributed by atoms with E-state index in [9.17, 15) is 14.7 Å². The van der Waals surface area contributed by atoms with Crippen molar-refractivity contribution in [3.8, 4) is 0 Å². The van der Waals surface area contributed by atoms with Gasteiger partial charge in [-0.2, -0.15) is 0 Å². The zero-order valence-electron chi connectivity index (χ0n) is 37.8. The maximum Gasteiger partial charge on any atom is 0.306 e. The molecule has 0 bridgehead atoms. The minimum Gasteiger partial charge on any atom is -0.462 e. The smallest absolute Gasteiger partial charge is 0.306 e. The van der Waals surface area contributed by atoms with Gasteiger partial charge < -0.3 is 14.6 Å². The SMILES string of the molecule is CC/C=C\C/C=C\C/C=C\C/C=C\C/C=C\C/C=C\C/C=C\CCCCCC(=O)OC(CO)COC(=O)CCCCCCCCCCCCCCCCCCCCC. The molecule has 1 unspecified atom stereocenters. The van der Waals surface area contributed by atoms with Crippen molar-refractivity contribution in [2.45, 2.75) is 225 Å². The number of esters is 2. The van der Waals surface area contributed by atoms with Crippen LogP contribution in [0.2, 0.25) is 0 Å². The molecule has 0 spiro atoms. The van der Waals surface area contributed by atoms with Crippen LogP contribution in [-0.4, -0.2) is 36.4 Å². The van der Waals surface area contributed by atoms with Gasteiger partial charge in [0.05, 0.1) is 6.61 Å². The van der Waals surface area contributed by atoms with Crippen LogP contribution >= 0.6 is 0 Å². The van der Waals surface area contributed by atoms with Crippen LogP contribution in [-0.2, 0) is 19.1 Å². The first-order valence-corrected chi connectivity index (χ1v) is 24.1. The Kier molecular flexibility index (Phi) is 46.0. The molecule has 0 saturated carbocycles. The first-order valence-electron chi connectivity index (χ1n) is 24.1. The molecule has 0 aromatic rings. The number of unbranched alkanes of at least 4 members (excludes halogenated alkanes) is 21. The summed E-state index contributed by atoms with van der Waals surface area (Å²) in [5.74, 6) is -0.627. The number of carbonyl (C=O) groups is 2. The summed E-state index contributed by atoms with van der Waals surface area (Å²) in [5.41, 5.74) is 0. The van der Waals surface area contributed by atoms with E-state index in [2.05, 4.69) is 98.9 Å². The zero-order valence-corrected chi connectivity index (χ0v) is 37.8. The lowest BCUT2D eigenvalue weighted by Gasteiger charge is -2.15. The van der Waals surface area contributed by atoms with E-state index in [1.165, 1.54) is 103 Å². The monoisotopic (exact) mass is 807 g/mol. The van der Waals surface area contributed by atoms with Gasteiger partial charge in [-0.1, -0.05) is 221 Å². The van der Waals surface area contributed by atoms with Gasteiger partial charge in [-0.3, -0.25) is 9.59 Å². The number of carbonyl (C=O) groups excluding carboxylic acids is 2. The third kappa shape index (κ3) is 45.8. The summed E-state index contributed by atoms with van der Waals surface area (Å²) in [6.07, 6.45) is 66.6. The number of hydrogen-bond acceptors (Lipinski definition) is 5. The van der Waals surface area contributed by atoms with Crippen molar-refractivity contribution in [3.05, 3.63) is 85.1 Å². The zero-order chi connectivity index (χ0) is 42.1. The Morgan fingerprint density at radius 3 is 1.12 bits per heavy atom. The Morgan fingerprint density at radius 2 is 0.741 bits per heavy atom. The normalized spacial score (nSPS) is 12.9. The Morgan fingerprint density at radius 1 is 0.414 bits per heavy atom. The fourth-order valence-electron chi connectivity index (χ4n) is 6.59. The molecule has 1 atom stereocenters. The van der Waals surface area contributed by atoms with Gasteiger partial charge in [0.2, 0.25) is 0 Å². The molecule has 332 valence electrons. The molecule has 0 aliphatic carbocycles. The molecule has 0 aromatic heterocycles. The maximum absolute atomic E-state index is 12.2. The van der Waals surface area contributed by atoms with E-state index in [0.717, 1.165) is 89.9 Å². The van der Waals surface area contributed by atoms with Gasteiger partial charge in [0.1, 0.15) is 6.61 Å². The Bertz CT molecular complexity index is 1090. The van der Waals surface area contributed by atoms with Crippen LogP contribution in [0.3, 0.4) is 0 Å². The number of rotatable bonds is 43. The highest BCUT2D eigenvalue weighted by Crippen LogP contribution is 2.15. The summed E-state index contributed by atoms with van der Waals surface area (Å²) in [6, 6.07) is 0. The van der Waals surface area contributed by atoms with Crippen molar-refractivity contribution in [2.75, 3.05) is 13.2 Å². The molecule has 1 N–H and O–H groups in total. The predicted octanol–water partition coefficient (Wildman–Crippen LogP) is 15.9. The lowest BCUT2D eigenvalue weighted by atomic mass is 10.0. The Balaban J connectivity index is 3.62. The highest BCUT2D eigenvalue weighted by molar-refractivity contribution is 5.70. The Labute approximate surface area is 358 Å². The van der Waals surface area contributed by atoms with E-state index in [1.54, 1.807) is 0 Å². The summed E-state index contributed by atoms with van der Waals surface area (Å²) in [4.78, 5) is 24.4. The van der Waals surface area contributed by atoms with Crippen molar-refractivity contribution in [1.29, 1.82) is 0 Å². The molecule has 0 heterocycles. The minimum atomic E-state index is -0.793. The molecule has 0 rings (SSSR count). The van der Waals surface area contributed by atoms with Gasteiger partial charge >= 0.3 is 11.9 Å². The number of aliphatic hydroxyl groups excluding tert-OH is 1. The molecule has 5 nitrogen and oxygen atoms in total. The average Bonchev–Trinajstić information content (AvgIpc) is 3.23. The van der Waals surface area contributed by atoms with Crippen LogP contribution in [0.5, 0.6) is 0 Å². The fourth-order valence-corrected chi connectivity index (χ4v) is 6.59. The third-order valence-electron chi connectivity index (χ3n) is 10.2. The molecule has 0 saturated heterocycles. The molecule has 58 heavy (non-hydrogen) atoms. The highest BCUT2D eigenvalue weighted by atomic mass is 16.6. The summed E-state index contributed by atoms with van der Waals surface area (Å²) in [5, 5.41) is 9.61. The van der Waals surface area contributed by atoms with Gasteiger partial charge in [0, 0.05) is 12.8 Å². The van der Waals surface area contributed by atoms with Crippen molar-refractivity contribution in [2.24, 2.45) is 0 Å². The first-order chi connectivity index (χ1) is 28.6. The van der Waals surface area contributed by atoms with E-state index in [-0.39, 0.29) is 25.2 Å². The van der Waals surface area contributed by atoms with Crippen LogP contribution in [0, 0.1) is 0 Å². The molecule has 0 amide bonds. The molecule has 0 aromatic carbocycles. The number of aliphatic hydroxyl groups is 1. The molecule has 0 fully saturated rings. The Hall–Kier alpha value is -2.92. The van der Waals surface area contributed by atoms with E-state index in [0.29, 0.717) is 12.8 Å². The quantitative estimate of drug-likeness (QED) is 0.0377. The van der Waals surface area contributed by atoms with Crippen molar-refractivity contribution >= 4 is 11.9 Å². The van der Waals surface area contributed by atoms with Gasteiger partial charge in [0.15, 0.2) is 6.10 Å².